The van der Waals surface area contributed by atoms with Gasteiger partial charge in [-0.15, -0.1) is 0 Å². The number of halogens is 1. The molecule has 0 spiro atoms. The Morgan fingerprint density at radius 2 is 1.92 bits per heavy atom. The van der Waals surface area contributed by atoms with Gasteiger partial charge in [-0.25, -0.2) is 4.79 Å². The van der Waals surface area contributed by atoms with Crippen LogP contribution in [0.15, 0.2) is 24.3 Å². The molecule has 5 amide bonds. The molecule has 2 saturated heterocycles. The standard InChI is InChI=1S/C35H46ClN7O6S/c1-3-4-15-42-32(46)27-17-25(41-43(27)20-35(42,2)33(47)38-22-9-5-6-10-22)31(45)37-23-14-13-21(24(36)16-23)18-49-29(44)12-8-7-11-28-30-26(19-50-28)39-34(48)40-30/h13-14,16-17,22,26,28,30H,3-12,15,18-20H2,1-2H3,(H,37,45)(H,38,47)(H2,39,40,48). The molecule has 2 aromatic rings. The minimum atomic E-state index is -1.14. The number of nitrogens with zero attached hydrogens (tertiary/aromatic N) is 3. The van der Waals surface area contributed by atoms with E-state index in [1.807, 2.05) is 18.7 Å². The molecule has 3 fully saturated rings. The number of carbonyl (C=O) groups excluding carboxylic acids is 5. The summed E-state index contributed by atoms with van der Waals surface area (Å²) in [6.45, 7) is 4.38. The molecule has 1 aliphatic carbocycles. The summed E-state index contributed by atoms with van der Waals surface area (Å²) < 4.78 is 6.92. The smallest absolute Gasteiger partial charge is 0.315 e. The molecule has 6 rings (SSSR count). The molecule has 4 N–H and O–H groups in total. The Morgan fingerprint density at radius 3 is 2.68 bits per heavy atom. The van der Waals surface area contributed by atoms with Crippen molar-refractivity contribution in [2.45, 2.75) is 120 Å². The third-order valence-electron chi connectivity index (χ3n) is 10.2. The van der Waals surface area contributed by atoms with Crippen LogP contribution in [0.4, 0.5) is 10.5 Å². The number of urea groups is 1. The van der Waals surface area contributed by atoms with E-state index in [0.717, 1.165) is 57.1 Å². The summed E-state index contributed by atoms with van der Waals surface area (Å²) in [5.74, 6) is -0.456. The molecular weight excluding hydrogens is 682 g/mol. The molecule has 3 aliphatic heterocycles. The molecule has 270 valence electrons. The number of nitrogens with one attached hydrogen (secondary N) is 4. The van der Waals surface area contributed by atoms with Crippen molar-refractivity contribution in [1.29, 1.82) is 0 Å². The highest BCUT2D eigenvalue weighted by Crippen LogP contribution is 2.33. The van der Waals surface area contributed by atoms with E-state index in [1.54, 1.807) is 30.0 Å². The summed E-state index contributed by atoms with van der Waals surface area (Å²) in [6, 6.07) is 6.73. The van der Waals surface area contributed by atoms with Gasteiger partial charge in [-0.1, -0.05) is 50.3 Å². The minimum Gasteiger partial charge on any atom is -0.461 e. The molecule has 4 unspecified atom stereocenters. The van der Waals surface area contributed by atoms with Gasteiger partial charge in [0.05, 0.1) is 18.6 Å². The van der Waals surface area contributed by atoms with Crippen LogP contribution in [-0.2, 0) is 27.5 Å². The van der Waals surface area contributed by atoms with Gasteiger partial charge in [0, 0.05) is 52.4 Å². The van der Waals surface area contributed by atoms with Crippen molar-refractivity contribution in [3.05, 3.63) is 46.2 Å². The number of esters is 1. The number of benzene rings is 1. The molecule has 13 nitrogen and oxygen atoms in total. The normalized spacial score (nSPS) is 24.4. The number of ether oxygens (including phenoxy) is 1. The Labute approximate surface area is 301 Å². The van der Waals surface area contributed by atoms with Crippen LogP contribution in [0.3, 0.4) is 0 Å². The number of anilines is 1. The zero-order chi connectivity index (χ0) is 35.4. The van der Waals surface area contributed by atoms with Gasteiger partial charge in [0.15, 0.2) is 5.69 Å². The number of rotatable bonds is 14. The Morgan fingerprint density at radius 1 is 1.12 bits per heavy atom. The molecular formula is C35H46ClN7O6S. The highest BCUT2D eigenvalue weighted by Gasteiger charge is 2.48. The van der Waals surface area contributed by atoms with Gasteiger partial charge in [0.2, 0.25) is 5.91 Å². The average Bonchev–Trinajstić information content (AvgIpc) is 3.89. The quantitative estimate of drug-likeness (QED) is 0.124. The summed E-state index contributed by atoms with van der Waals surface area (Å²) in [6.07, 6.45) is 8.40. The lowest BCUT2D eigenvalue weighted by atomic mass is 9.94. The summed E-state index contributed by atoms with van der Waals surface area (Å²) in [7, 11) is 0. The van der Waals surface area contributed by atoms with Gasteiger partial charge in [-0.3, -0.25) is 23.9 Å². The lowest BCUT2D eigenvalue weighted by Crippen LogP contribution is -2.65. The molecule has 50 heavy (non-hydrogen) atoms. The molecule has 1 aromatic heterocycles. The second-order valence-electron chi connectivity index (χ2n) is 13.9. The van der Waals surface area contributed by atoms with Crippen LogP contribution < -0.4 is 21.3 Å². The number of hydrogen-bond donors (Lipinski definition) is 4. The highest BCUT2D eigenvalue weighted by atomic mass is 35.5. The van der Waals surface area contributed by atoms with E-state index in [9.17, 15) is 24.0 Å². The van der Waals surface area contributed by atoms with Gasteiger partial charge in [-0.05, 0) is 51.2 Å². The van der Waals surface area contributed by atoms with Crippen molar-refractivity contribution in [3.8, 4) is 0 Å². The topological polar surface area (TPSA) is 164 Å². The second kappa shape index (κ2) is 15.6. The van der Waals surface area contributed by atoms with E-state index in [2.05, 4.69) is 26.4 Å². The van der Waals surface area contributed by atoms with E-state index in [4.69, 9.17) is 16.3 Å². The third-order valence-corrected chi connectivity index (χ3v) is 12.1. The third kappa shape index (κ3) is 7.91. The van der Waals surface area contributed by atoms with Crippen molar-refractivity contribution in [1.82, 2.24) is 30.6 Å². The first-order chi connectivity index (χ1) is 24.0. The highest BCUT2D eigenvalue weighted by molar-refractivity contribution is 8.00. The summed E-state index contributed by atoms with van der Waals surface area (Å²) >= 11 is 8.34. The number of thioether (sulfide) groups is 1. The number of fused-ring (bicyclic) bond motifs is 2. The number of aromatic nitrogens is 2. The van der Waals surface area contributed by atoms with E-state index < -0.39 is 11.4 Å². The minimum absolute atomic E-state index is 0.00330. The van der Waals surface area contributed by atoms with Crippen molar-refractivity contribution in [2.24, 2.45) is 0 Å². The first-order valence-electron chi connectivity index (χ1n) is 17.7. The first kappa shape index (κ1) is 36.0. The van der Waals surface area contributed by atoms with Gasteiger partial charge < -0.3 is 30.9 Å². The Kier molecular flexibility index (Phi) is 11.3. The Bertz CT molecular complexity index is 1630. The van der Waals surface area contributed by atoms with Crippen LogP contribution in [0.1, 0.15) is 105 Å². The van der Waals surface area contributed by atoms with Crippen LogP contribution in [0, 0.1) is 0 Å². The molecule has 15 heteroatoms. The monoisotopic (exact) mass is 727 g/mol. The predicted molar refractivity (Wildman–Crippen MR) is 190 cm³/mol. The fourth-order valence-electron chi connectivity index (χ4n) is 7.26. The molecule has 1 saturated carbocycles. The molecule has 1 aromatic carbocycles. The number of hydrogen-bond acceptors (Lipinski definition) is 8. The first-order valence-corrected chi connectivity index (χ1v) is 19.1. The van der Waals surface area contributed by atoms with Crippen molar-refractivity contribution in [3.63, 3.8) is 0 Å². The van der Waals surface area contributed by atoms with Crippen LogP contribution in [0.25, 0.3) is 0 Å². The maximum absolute atomic E-state index is 13.7. The molecule has 4 heterocycles. The number of carbonyl (C=O) groups is 5. The Hall–Kier alpha value is -3.78. The van der Waals surface area contributed by atoms with E-state index in [-0.39, 0.29) is 66.5 Å². The van der Waals surface area contributed by atoms with Gasteiger partial charge >= 0.3 is 12.0 Å². The van der Waals surface area contributed by atoms with E-state index in [0.29, 0.717) is 40.9 Å². The zero-order valence-electron chi connectivity index (χ0n) is 28.6. The van der Waals surface area contributed by atoms with Crippen molar-refractivity contribution < 1.29 is 28.7 Å². The van der Waals surface area contributed by atoms with Gasteiger partial charge in [-0.2, -0.15) is 16.9 Å². The van der Waals surface area contributed by atoms with Crippen LogP contribution in [0.2, 0.25) is 5.02 Å². The Balaban J connectivity index is 1.01. The average molecular weight is 728 g/mol. The molecule has 4 aliphatic rings. The van der Waals surface area contributed by atoms with E-state index in [1.165, 1.54) is 10.7 Å². The lowest BCUT2D eigenvalue weighted by Gasteiger charge is -2.43. The number of unbranched alkanes of at least 4 members (excludes halogenated alkanes) is 2. The van der Waals surface area contributed by atoms with Crippen LogP contribution >= 0.6 is 23.4 Å². The van der Waals surface area contributed by atoms with Gasteiger partial charge in [0.25, 0.3) is 11.8 Å². The zero-order valence-corrected chi connectivity index (χ0v) is 30.2. The summed E-state index contributed by atoms with van der Waals surface area (Å²) in [5.41, 5.74) is 0.188. The largest absolute Gasteiger partial charge is 0.461 e. The van der Waals surface area contributed by atoms with Crippen LogP contribution in [-0.4, -0.2) is 85.6 Å². The molecule has 4 atom stereocenters. The fourth-order valence-corrected chi connectivity index (χ4v) is 9.03. The fraction of sp³-hybridized carbons (Fsp3) is 0.600. The maximum atomic E-state index is 13.7. The molecule has 0 bridgehead atoms. The number of amides is 5. The van der Waals surface area contributed by atoms with Crippen LogP contribution in [0.5, 0.6) is 0 Å². The van der Waals surface area contributed by atoms with E-state index >= 15 is 0 Å². The summed E-state index contributed by atoms with van der Waals surface area (Å²) in [4.78, 5) is 66.2. The maximum Gasteiger partial charge on any atom is 0.315 e. The summed E-state index contributed by atoms with van der Waals surface area (Å²) in [5, 5.41) is 17.0. The van der Waals surface area contributed by atoms with Crippen molar-refractivity contribution >= 4 is 58.8 Å². The molecule has 0 radical (unpaired) electrons. The SMILES string of the molecule is CCCCN1C(=O)c2cc(C(=O)Nc3ccc(COC(=O)CCCCC4SCC5NC(=O)NC54)c(Cl)c3)nn2CC1(C)C(=O)NC1CCCC1. The second-order valence-corrected chi connectivity index (χ2v) is 15.6. The predicted octanol–water partition coefficient (Wildman–Crippen LogP) is 4.63. The van der Waals surface area contributed by atoms with Gasteiger partial charge in [0.1, 0.15) is 17.8 Å². The van der Waals surface area contributed by atoms with Crippen molar-refractivity contribution in [2.75, 3.05) is 17.6 Å². The lowest BCUT2D eigenvalue weighted by molar-refractivity contribution is -0.145.